The summed E-state index contributed by atoms with van der Waals surface area (Å²) in [6.45, 7) is 3.30. The van der Waals surface area contributed by atoms with E-state index in [0.717, 1.165) is 46.1 Å². The minimum atomic E-state index is -0.0811. The normalized spacial score (nSPS) is 14.6. The molecule has 0 bridgehead atoms. The minimum absolute atomic E-state index is 0.0354. The van der Waals surface area contributed by atoms with E-state index in [1.54, 1.807) is 11.8 Å². The molecule has 0 unspecified atom stereocenters. The second-order valence-corrected chi connectivity index (χ2v) is 10.2. The van der Waals surface area contributed by atoms with Gasteiger partial charge in [-0.3, -0.25) is 9.36 Å². The number of imidazole rings is 1. The molecule has 182 valence electrons. The van der Waals surface area contributed by atoms with Crippen LogP contribution < -0.4 is 5.69 Å². The average molecular weight is 499 g/mol. The fourth-order valence-corrected chi connectivity index (χ4v) is 5.71. The van der Waals surface area contributed by atoms with Gasteiger partial charge in [-0.05, 0) is 67.3 Å². The van der Waals surface area contributed by atoms with Crippen LogP contribution in [0.4, 0.5) is 0 Å². The lowest BCUT2D eigenvalue weighted by Crippen LogP contribution is -2.40. The number of hydrogen-bond acceptors (Lipinski definition) is 5. The highest BCUT2D eigenvalue weighted by Gasteiger charge is 2.26. The third-order valence-electron chi connectivity index (χ3n) is 6.83. The van der Waals surface area contributed by atoms with Gasteiger partial charge in [-0.15, -0.1) is 0 Å². The van der Waals surface area contributed by atoms with Crippen LogP contribution >= 0.6 is 11.8 Å². The summed E-state index contributed by atoms with van der Waals surface area (Å²) in [5.41, 5.74) is 6.31. The Bertz CT molecular complexity index is 1610. The molecule has 3 heterocycles. The Morgan fingerprint density at radius 3 is 2.67 bits per heavy atom. The van der Waals surface area contributed by atoms with E-state index in [1.807, 2.05) is 83.1 Å². The van der Waals surface area contributed by atoms with Gasteiger partial charge in [0, 0.05) is 30.4 Å². The molecular weight excluding hydrogens is 472 g/mol. The van der Waals surface area contributed by atoms with E-state index in [-0.39, 0.29) is 17.6 Å². The topological polar surface area (TPSA) is 84.1 Å². The minimum Gasteiger partial charge on any atom is -0.431 e. The van der Waals surface area contributed by atoms with Crippen molar-refractivity contribution in [3.05, 3.63) is 93.9 Å². The summed E-state index contributed by atoms with van der Waals surface area (Å²) in [5.74, 6) is 0.749. The smallest absolute Gasteiger partial charge is 0.326 e. The molecular formula is C28H26N4O3S. The number of aromatic nitrogens is 3. The number of nitrogens with one attached hydrogen (secondary N) is 1. The van der Waals surface area contributed by atoms with Gasteiger partial charge in [0.15, 0.2) is 5.58 Å². The number of rotatable bonds is 5. The first-order chi connectivity index (χ1) is 17.5. The number of benzene rings is 3. The van der Waals surface area contributed by atoms with E-state index in [2.05, 4.69) is 9.97 Å². The summed E-state index contributed by atoms with van der Waals surface area (Å²) in [5, 5.41) is 0.646. The van der Waals surface area contributed by atoms with Crippen LogP contribution in [0, 0.1) is 6.92 Å². The summed E-state index contributed by atoms with van der Waals surface area (Å²) in [7, 11) is 0. The van der Waals surface area contributed by atoms with E-state index in [4.69, 9.17) is 4.42 Å². The van der Waals surface area contributed by atoms with Crippen molar-refractivity contribution >= 4 is 39.8 Å². The molecule has 1 fully saturated rings. The maximum Gasteiger partial charge on any atom is 0.326 e. The Morgan fingerprint density at radius 2 is 1.86 bits per heavy atom. The number of nitrogens with zero attached hydrogens (tertiary/aromatic N) is 3. The zero-order chi connectivity index (χ0) is 24.6. The highest BCUT2D eigenvalue weighted by molar-refractivity contribution is 7.98. The van der Waals surface area contributed by atoms with Crippen molar-refractivity contribution in [2.24, 2.45) is 0 Å². The number of hydrogen-bond donors (Lipinski definition) is 1. The fraction of sp³-hybridized carbons (Fsp3) is 0.250. The van der Waals surface area contributed by atoms with Crippen molar-refractivity contribution in [2.45, 2.75) is 36.8 Å². The molecule has 5 aromatic rings. The van der Waals surface area contributed by atoms with Gasteiger partial charge in [-0.25, -0.2) is 9.78 Å². The number of para-hydroxylation sites is 2. The lowest BCUT2D eigenvalue weighted by Gasteiger charge is -2.32. The van der Waals surface area contributed by atoms with Gasteiger partial charge >= 0.3 is 5.69 Å². The van der Waals surface area contributed by atoms with Crippen LogP contribution in [0.15, 0.2) is 81.2 Å². The standard InChI is InChI=1S/C28H26N4O3S/c1-18-6-11-25-23(16-18)30-28(35-25)36-17-19-7-9-20(10-8-19)26(33)31-14-12-21(13-15-31)32-24-5-3-2-4-22(24)29-27(32)34/h2-11,16,21H,12-15,17H2,1H3,(H,29,34). The second kappa shape index (κ2) is 9.35. The first-order valence-electron chi connectivity index (χ1n) is 12.1. The first-order valence-corrected chi connectivity index (χ1v) is 13.1. The zero-order valence-electron chi connectivity index (χ0n) is 19.9. The van der Waals surface area contributed by atoms with E-state index < -0.39 is 0 Å². The Hall–Kier alpha value is -3.78. The molecule has 8 heteroatoms. The van der Waals surface area contributed by atoms with Gasteiger partial charge < -0.3 is 14.3 Å². The Labute approximate surface area is 212 Å². The molecule has 2 aromatic heterocycles. The van der Waals surface area contributed by atoms with Crippen molar-refractivity contribution in [1.82, 2.24) is 19.4 Å². The molecule has 1 N–H and O–H groups in total. The number of amides is 1. The summed E-state index contributed by atoms with van der Waals surface area (Å²) in [4.78, 5) is 35.0. The molecule has 1 saturated heterocycles. The van der Waals surface area contributed by atoms with Gasteiger partial charge in [-0.1, -0.05) is 42.1 Å². The summed E-state index contributed by atoms with van der Waals surface area (Å²) >= 11 is 1.54. The first kappa shape index (κ1) is 22.7. The van der Waals surface area contributed by atoms with Crippen LogP contribution in [0.2, 0.25) is 0 Å². The van der Waals surface area contributed by atoms with Crippen molar-refractivity contribution in [1.29, 1.82) is 0 Å². The number of piperidine rings is 1. The average Bonchev–Trinajstić information content (AvgIpc) is 3.46. The third-order valence-corrected chi connectivity index (χ3v) is 7.73. The number of aromatic amines is 1. The van der Waals surface area contributed by atoms with E-state index in [9.17, 15) is 9.59 Å². The largest absolute Gasteiger partial charge is 0.431 e. The molecule has 1 aliphatic heterocycles. The van der Waals surface area contributed by atoms with Gasteiger partial charge in [0.1, 0.15) is 5.52 Å². The van der Waals surface area contributed by atoms with Gasteiger partial charge in [0.25, 0.3) is 11.1 Å². The molecule has 6 rings (SSSR count). The highest BCUT2D eigenvalue weighted by atomic mass is 32.2. The van der Waals surface area contributed by atoms with Gasteiger partial charge in [0.2, 0.25) is 0 Å². The SMILES string of the molecule is Cc1ccc2oc(SCc3ccc(C(=O)N4CCC(n5c(=O)[nH]c6ccccc65)CC4)cc3)nc2c1. The van der Waals surface area contributed by atoms with Crippen LogP contribution in [-0.2, 0) is 5.75 Å². The lowest BCUT2D eigenvalue weighted by atomic mass is 10.0. The molecule has 1 amide bonds. The van der Waals surface area contributed by atoms with E-state index >= 15 is 0 Å². The number of fused-ring (bicyclic) bond motifs is 2. The Morgan fingerprint density at radius 1 is 1.08 bits per heavy atom. The molecule has 36 heavy (non-hydrogen) atoms. The molecule has 0 aliphatic carbocycles. The molecule has 0 saturated carbocycles. The summed E-state index contributed by atoms with van der Waals surface area (Å²) < 4.78 is 7.67. The third kappa shape index (κ3) is 4.33. The maximum absolute atomic E-state index is 13.1. The number of carbonyl (C=O) groups excluding carboxylic acids is 1. The number of oxazole rings is 1. The van der Waals surface area contributed by atoms with Crippen LogP contribution in [0.5, 0.6) is 0 Å². The number of carbonyl (C=O) groups is 1. The maximum atomic E-state index is 13.1. The summed E-state index contributed by atoms with van der Waals surface area (Å²) in [6, 6.07) is 21.6. The monoisotopic (exact) mass is 498 g/mol. The molecule has 0 radical (unpaired) electrons. The van der Waals surface area contributed by atoms with Gasteiger partial charge in [-0.2, -0.15) is 0 Å². The second-order valence-electron chi connectivity index (χ2n) is 9.28. The number of likely N-dealkylation sites (tertiary alicyclic amines) is 1. The number of aryl methyl sites for hydroxylation is 1. The number of H-pyrrole nitrogens is 1. The summed E-state index contributed by atoms with van der Waals surface area (Å²) in [6.07, 6.45) is 1.51. The fourth-order valence-electron chi connectivity index (χ4n) is 4.91. The van der Waals surface area contributed by atoms with E-state index in [0.29, 0.717) is 29.6 Å². The molecule has 1 aliphatic rings. The predicted molar refractivity (Wildman–Crippen MR) is 141 cm³/mol. The van der Waals surface area contributed by atoms with E-state index in [1.165, 1.54) is 0 Å². The van der Waals surface area contributed by atoms with Crippen LogP contribution in [0.25, 0.3) is 22.1 Å². The Kier molecular flexibility index (Phi) is 5.89. The number of thioether (sulfide) groups is 1. The predicted octanol–water partition coefficient (Wildman–Crippen LogP) is 5.55. The van der Waals surface area contributed by atoms with Crippen molar-refractivity contribution in [2.75, 3.05) is 13.1 Å². The Balaban J connectivity index is 1.07. The van der Waals surface area contributed by atoms with Crippen molar-refractivity contribution < 1.29 is 9.21 Å². The molecule has 3 aromatic carbocycles. The molecule has 0 atom stereocenters. The lowest BCUT2D eigenvalue weighted by molar-refractivity contribution is 0.0695. The van der Waals surface area contributed by atoms with Crippen LogP contribution in [0.1, 0.15) is 40.4 Å². The quantitative estimate of drug-likeness (QED) is 0.321. The van der Waals surface area contributed by atoms with Crippen LogP contribution in [0.3, 0.4) is 0 Å². The molecule has 0 spiro atoms. The van der Waals surface area contributed by atoms with Crippen molar-refractivity contribution in [3.63, 3.8) is 0 Å². The highest BCUT2D eigenvalue weighted by Crippen LogP contribution is 2.28. The van der Waals surface area contributed by atoms with Crippen LogP contribution in [-0.4, -0.2) is 38.4 Å². The molecule has 7 nitrogen and oxygen atoms in total. The van der Waals surface area contributed by atoms with Crippen molar-refractivity contribution in [3.8, 4) is 0 Å². The zero-order valence-corrected chi connectivity index (χ0v) is 20.8. The van der Waals surface area contributed by atoms with Gasteiger partial charge in [0.05, 0.1) is 11.0 Å².